The summed E-state index contributed by atoms with van der Waals surface area (Å²) >= 11 is 0. The third-order valence-corrected chi connectivity index (χ3v) is 3.35. The summed E-state index contributed by atoms with van der Waals surface area (Å²) in [6, 6.07) is 14.7. The zero-order valence-electron chi connectivity index (χ0n) is 12.0. The lowest BCUT2D eigenvalue weighted by molar-refractivity contribution is 0.516. The fourth-order valence-electron chi connectivity index (χ4n) is 2.10. The summed E-state index contributed by atoms with van der Waals surface area (Å²) in [7, 11) is 0. The fourth-order valence-corrected chi connectivity index (χ4v) is 2.10. The average molecular weight is 254 g/mol. The summed E-state index contributed by atoms with van der Waals surface area (Å²) in [6.07, 6.45) is 3.99. The SMILES string of the molecule is Cc1cccnc1NC(C)(C)CCc1ccccc1. The summed E-state index contributed by atoms with van der Waals surface area (Å²) < 4.78 is 0. The van der Waals surface area contributed by atoms with E-state index in [0.717, 1.165) is 18.7 Å². The molecule has 0 saturated carbocycles. The van der Waals surface area contributed by atoms with Gasteiger partial charge >= 0.3 is 0 Å². The minimum absolute atomic E-state index is 0.0367. The first-order valence-corrected chi connectivity index (χ1v) is 6.80. The summed E-state index contributed by atoms with van der Waals surface area (Å²) in [5, 5.41) is 3.55. The van der Waals surface area contributed by atoms with Gasteiger partial charge in [-0.05, 0) is 50.8 Å². The number of anilines is 1. The molecule has 0 spiro atoms. The van der Waals surface area contributed by atoms with Crippen molar-refractivity contribution >= 4 is 5.82 Å². The smallest absolute Gasteiger partial charge is 0.129 e. The van der Waals surface area contributed by atoms with Crippen LogP contribution in [0, 0.1) is 6.92 Å². The van der Waals surface area contributed by atoms with Gasteiger partial charge in [0.2, 0.25) is 0 Å². The molecule has 2 aromatic rings. The topological polar surface area (TPSA) is 24.9 Å². The molecule has 1 heterocycles. The fraction of sp³-hybridized carbons (Fsp3) is 0.353. The molecule has 0 fully saturated rings. The molecule has 0 aliphatic heterocycles. The third kappa shape index (κ3) is 4.09. The van der Waals surface area contributed by atoms with Gasteiger partial charge in [-0.25, -0.2) is 4.98 Å². The molecule has 2 rings (SSSR count). The maximum atomic E-state index is 4.41. The largest absolute Gasteiger partial charge is 0.365 e. The van der Waals surface area contributed by atoms with Gasteiger partial charge in [-0.3, -0.25) is 0 Å². The van der Waals surface area contributed by atoms with E-state index in [-0.39, 0.29) is 5.54 Å². The number of benzene rings is 1. The molecule has 2 heteroatoms. The molecule has 0 unspecified atom stereocenters. The highest BCUT2D eigenvalue weighted by molar-refractivity contribution is 5.44. The summed E-state index contributed by atoms with van der Waals surface area (Å²) in [5.74, 6) is 0.987. The van der Waals surface area contributed by atoms with Crippen molar-refractivity contribution < 1.29 is 0 Å². The average Bonchev–Trinajstić information content (AvgIpc) is 2.40. The van der Waals surface area contributed by atoms with E-state index in [1.165, 1.54) is 11.1 Å². The van der Waals surface area contributed by atoms with Crippen LogP contribution in [-0.2, 0) is 6.42 Å². The Kier molecular flexibility index (Phi) is 4.20. The van der Waals surface area contributed by atoms with Gasteiger partial charge in [0.1, 0.15) is 5.82 Å². The third-order valence-electron chi connectivity index (χ3n) is 3.35. The molecular formula is C17H22N2. The molecule has 0 radical (unpaired) electrons. The molecule has 1 N–H and O–H groups in total. The number of rotatable bonds is 5. The van der Waals surface area contributed by atoms with Gasteiger partial charge < -0.3 is 5.32 Å². The van der Waals surface area contributed by atoms with Crippen molar-refractivity contribution in [3.8, 4) is 0 Å². The van der Waals surface area contributed by atoms with Crippen LogP contribution in [0.25, 0.3) is 0 Å². The summed E-state index contributed by atoms with van der Waals surface area (Å²) in [5.41, 5.74) is 2.61. The summed E-state index contributed by atoms with van der Waals surface area (Å²) in [4.78, 5) is 4.41. The lowest BCUT2D eigenvalue weighted by atomic mass is 9.95. The number of pyridine rings is 1. The lowest BCUT2D eigenvalue weighted by Crippen LogP contribution is -2.32. The molecule has 19 heavy (non-hydrogen) atoms. The zero-order valence-corrected chi connectivity index (χ0v) is 12.0. The molecule has 2 nitrogen and oxygen atoms in total. The molecule has 1 aromatic heterocycles. The molecule has 0 amide bonds. The Bertz CT molecular complexity index is 518. The Morgan fingerprint density at radius 1 is 1.05 bits per heavy atom. The molecule has 0 aliphatic rings. The van der Waals surface area contributed by atoms with Crippen LogP contribution in [0.4, 0.5) is 5.82 Å². The van der Waals surface area contributed by atoms with E-state index in [1.807, 2.05) is 12.3 Å². The molecule has 0 bridgehead atoms. The van der Waals surface area contributed by atoms with Gasteiger partial charge in [-0.15, -0.1) is 0 Å². The minimum Gasteiger partial charge on any atom is -0.365 e. The second kappa shape index (κ2) is 5.87. The number of nitrogens with one attached hydrogen (secondary N) is 1. The predicted octanol–water partition coefficient (Wildman–Crippen LogP) is 4.21. The molecular weight excluding hydrogens is 232 g/mol. The Morgan fingerprint density at radius 3 is 2.47 bits per heavy atom. The van der Waals surface area contributed by atoms with Crippen molar-refractivity contribution in [1.29, 1.82) is 0 Å². The zero-order chi connectivity index (χ0) is 13.7. The van der Waals surface area contributed by atoms with Crippen molar-refractivity contribution in [3.05, 3.63) is 59.8 Å². The van der Waals surface area contributed by atoms with Crippen molar-refractivity contribution in [1.82, 2.24) is 4.98 Å². The maximum Gasteiger partial charge on any atom is 0.129 e. The van der Waals surface area contributed by atoms with Crippen molar-refractivity contribution in [2.24, 2.45) is 0 Å². The molecule has 0 saturated heterocycles. The van der Waals surface area contributed by atoms with Crippen molar-refractivity contribution in [2.75, 3.05) is 5.32 Å². The van der Waals surface area contributed by atoms with Gasteiger partial charge in [-0.1, -0.05) is 36.4 Å². The van der Waals surface area contributed by atoms with Gasteiger partial charge in [0.15, 0.2) is 0 Å². The molecule has 0 aliphatic carbocycles. The Balaban J connectivity index is 1.97. The van der Waals surface area contributed by atoms with Crippen LogP contribution in [0.2, 0.25) is 0 Å². The standard InChI is InChI=1S/C17H22N2/c1-14-8-7-13-18-16(14)19-17(2,3)12-11-15-9-5-4-6-10-15/h4-10,13H,11-12H2,1-3H3,(H,18,19). The lowest BCUT2D eigenvalue weighted by Gasteiger charge is -2.27. The van der Waals surface area contributed by atoms with Gasteiger partial charge in [0.25, 0.3) is 0 Å². The van der Waals surface area contributed by atoms with E-state index in [1.54, 1.807) is 0 Å². The van der Waals surface area contributed by atoms with E-state index < -0.39 is 0 Å². The molecule has 0 atom stereocenters. The van der Waals surface area contributed by atoms with E-state index in [0.29, 0.717) is 0 Å². The highest BCUT2D eigenvalue weighted by atomic mass is 15.0. The predicted molar refractivity (Wildman–Crippen MR) is 81.4 cm³/mol. The first kappa shape index (κ1) is 13.6. The van der Waals surface area contributed by atoms with Gasteiger partial charge in [-0.2, -0.15) is 0 Å². The monoisotopic (exact) mass is 254 g/mol. The van der Waals surface area contributed by atoms with Crippen molar-refractivity contribution in [2.45, 2.75) is 39.2 Å². The second-order valence-electron chi connectivity index (χ2n) is 5.66. The van der Waals surface area contributed by atoms with Crippen molar-refractivity contribution in [3.63, 3.8) is 0 Å². The first-order chi connectivity index (χ1) is 9.07. The van der Waals surface area contributed by atoms with Crippen LogP contribution in [0.1, 0.15) is 31.4 Å². The van der Waals surface area contributed by atoms with E-state index in [9.17, 15) is 0 Å². The highest BCUT2D eigenvalue weighted by Crippen LogP contribution is 2.21. The maximum absolute atomic E-state index is 4.41. The Hall–Kier alpha value is -1.83. The second-order valence-corrected chi connectivity index (χ2v) is 5.66. The summed E-state index contributed by atoms with van der Waals surface area (Å²) in [6.45, 7) is 6.54. The van der Waals surface area contributed by atoms with Crippen LogP contribution in [0.3, 0.4) is 0 Å². The van der Waals surface area contributed by atoms with Gasteiger partial charge in [0.05, 0.1) is 0 Å². The van der Waals surface area contributed by atoms with E-state index in [2.05, 4.69) is 67.5 Å². The van der Waals surface area contributed by atoms with Crippen LogP contribution < -0.4 is 5.32 Å². The van der Waals surface area contributed by atoms with E-state index >= 15 is 0 Å². The van der Waals surface area contributed by atoms with Crippen LogP contribution in [-0.4, -0.2) is 10.5 Å². The Morgan fingerprint density at radius 2 is 1.79 bits per heavy atom. The van der Waals surface area contributed by atoms with Crippen LogP contribution in [0.5, 0.6) is 0 Å². The van der Waals surface area contributed by atoms with Crippen LogP contribution in [0.15, 0.2) is 48.7 Å². The number of aryl methyl sites for hydroxylation is 2. The molecule has 1 aromatic carbocycles. The quantitative estimate of drug-likeness (QED) is 0.864. The highest BCUT2D eigenvalue weighted by Gasteiger charge is 2.18. The normalized spacial score (nSPS) is 11.3. The first-order valence-electron chi connectivity index (χ1n) is 6.80. The minimum atomic E-state index is 0.0367. The number of aromatic nitrogens is 1. The number of nitrogens with zero attached hydrogens (tertiary/aromatic N) is 1. The van der Waals surface area contributed by atoms with Gasteiger partial charge in [0, 0.05) is 11.7 Å². The molecule has 100 valence electrons. The number of hydrogen-bond donors (Lipinski definition) is 1. The van der Waals surface area contributed by atoms with Crippen LogP contribution >= 0.6 is 0 Å². The number of hydrogen-bond acceptors (Lipinski definition) is 2. The van der Waals surface area contributed by atoms with E-state index in [4.69, 9.17) is 0 Å². The Labute approximate surface area is 115 Å².